The Morgan fingerprint density at radius 1 is 1.43 bits per heavy atom. The van der Waals surface area contributed by atoms with E-state index in [9.17, 15) is 0 Å². The van der Waals surface area contributed by atoms with E-state index in [2.05, 4.69) is 18.7 Å². The van der Waals surface area contributed by atoms with Gasteiger partial charge in [-0.25, -0.2) is 0 Å². The summed E-state index contributed by atoms with van der Waals surface area (Å²) in [6.07, 6.45) is 6.59. The van der Waals surface area contributed by atoms with Gasteiger partial charge >= 0.3 is 0 Å². The SMILES string of the molecule is CC(C)N1CCCC(CC2(N)CC2)C1. The molecule has 1 atom stereocenters. The molecule has 0 bridgehead atoms. The maximum Gasteiger partial charge on any atom is 0.0158 e. The van der Waals surface area contributed by atoms with Gasteiger partial charge in [-0.15, -0.1) is 0 Å². The first-order valence-corrected chi connectivity index (χ1v) is 6.12. The van der Waals surface area contributed by atoms with Gasteiger partial charge in [0.05, 0.1) is 0 Å². The van der Waals surface area contributed by atoms with Crippen molar-refractivity contribution in [3.8, 4) is 0 Å². The molecule has 0 spiro atoms. The fourth-order valence-electron chi connectivity index (χ4n) is 2.67. The Balaban J connectivity index is 1.81. The Morgan fingerprint density at radius 3 is 2.71 bits per heavy atom. The smallest absolute Gasteiger partial charge is 0.0158 e. The van der Waals surface area contributed by atoms with Gasteiger partial charge < -0.3 is 10.6 Å². The molecule has 2 nitrogen and oxygen atoms in total. The first-order chi connectivity index (χ1) is 6.59. The molecule has 2 rings (SSSR count). The van der Waals surface area contributed by atoms with Crippen LogP contribution in [0.1, 0.15) is 46.0 Å². The Morgan fingerprint density at radius 2 is 2.14 bits per heavy atom. The molecule has 1 saturated carbocycles. The van der Waals surface area contributed by atoms with Crippen molar-refractivity contribution in [3.63, 3.8) is 0 Å². The van der Waals surface area contributed by atoms with Gasteiger partial charge in [-0.1, -0.05) is 0 Å². The molecule has 2 aliphatic rings. The molecule has 1 unspecified atom stereocenters. The Hall–Kier alpha value is -0.0800. The molecule has 1 saturated heterocycles. The number of hydrogen-bond acceptors (Lipinski definition) is 2. The van der Waals surface area contributed by atoms with Crippen LogP contribution >= 0.6 is 0 Å². The van der Waals surface area contributed by atoms with Crippen LogP contribution in [-0.2, 0) is 0 Å². The van der Waals surface area contributed by atoms with Crippen molar-refractivity contribution >= 4 is 0 Å². The summed E-state index contributed by atoms with van der Waals surface area (Å²) in [4.78, 5) is 2.61. The molecule has 1 aliphatic heterocycles. The van der Waals surface area contributed by atoms with Crippen LogP contribution in [0, 0.1) is 5.92 Å². The number of nitrogens with zero attached hydrogens (tertiary/aromatic N) is 1. The highest BCUT2D eigenvalue weighted by Gasteiger charge is 2.40. The summed E-state index contributed by atoms with van der Waals surface area (Å²) in [7, 11) is 0. The topological polar surface area (TPSA) is 29.3 Å². The van der Waals surface area contributed by atoms with Crippen LogP contribution in [0.5, 0.6) is 0 Å². The average Bonchev–Trinajstić information content (AvgIpc) is 2.83. The quantitative estimate of drug-likeness (QED) is 0.748. The van der Waals surface area contributed by atoms with Gasteiger partial charge in [-0.3, -0.25) is 0 Å². The van der Waals surface area contributed by atoms with E-state index in [0.29, 0.717) is 6.04 Å². The maximum absolute atomic E-state index is 6.18. The monoisotopic (exact) mass is 196 g/mol. The lowest BCUT2D eigenvalue weighted by atomic mass is 9.90. The largest absolute Gasteiger partial charge is 0.325 e. The molecule has 0 radical (unpaired) electrons. The molecule has 2 fully saturated rings. The number of nitrogens with two attached hydrogens (primary N) is 1. The zero-order valence-electron chi connectivity index (χ0n) is 9.63. The van der Waals surface area contributed by atoms with Crippen molar-refractivity contribution in [2.45, 2.75) is 57.5 Å². The first-order valence-electron chi connectivity index (χ1n) is 6.12. The minimum Gasteiger partial charge on any atom is -0.325 e. The van der Waals surface area contributed by atoms with Crippen molar-refractivity contribution in [2.24, 2.45) is 11.7 Å². The van der Waals surface area contributed by atoms with E-state index in [-0.39, 0.29) is 5.54 Å². The highest BCUT2D eigenvalue weighted by atomic mass is 15.2. The third kappa shape index (κ3) is 2.48. The lowest BCUT2D eigenvalue weighted by molar-refractivity contribution is 0.130. The Labute approximate surface area is 87.8 Å². The predicted octanol–water partition coefficient (Wildman–Crippen LogP) is 1.99. The molecule has 1 heterocycles. The fourth-order valence-corrected chi connectivity index (χ4v) is 2.67. The molecule has 82 valence electrons. The van der Waals surface area contributed by atoms with Gasteiger partial charge in [0.25, 0.3) is 0 Å². The summed E-state index contributed by atoms with van der Waals surface area (Å²) in [6, 6.07) is 0.714. The molecule has 2 heteroatoms. The minimum atomic E-state index is 0.255. The van der Waals surface area contributed by atoms with Crippen LogP contribution in [-0.4, -0.2) is 29.6 Å². The zero-order chi connectivity index (χ0) is 10.2. The lowest BCUT2D eigenvalue weighted by Crippen LogP contribution is -2.42. The highest BCUT2D eigenvalue weighted by Crippen LogP contribution is 2.40. The van der Waals surface area contributed by atoms with Crippen LogP contribution in [0.3, 0.4) is 0 Å². The van der Waals surface area contributed by atoms with E-state index < -0.39 is 0 Å². The summed E-state index contributed by atoms with van der Waals surface area (Å²) < 4.78 is 0. The standard InChI is InChI=1S/C12H24N2/c1-10(2)14-7-3-4-11(9-14)8-12(13)5-6-12/h10-11H,3-9,13H2,1-2H3. The maximum atomic E-state index is 6.18. The van der Waals surface area contributed by atoms with Crippen molar-refractivity contribution in [2.75, 3.05) is 13.1 Å². The van der Waals surface area contributed by atoms with E-state index in [1.54, 1.807) is 0 Å². The van der Waals surface area contributed by atoms with E-state index in [0.717, 1.165) is 5.92 Å². The van der Waals surface area contributed by atoms with Crippen LogP contribution in [0.4, 0.5) is 0 Å². The van der Waals surface area contributed by atoms with Crippen LogP contribution < -0.4 is 5.73 Å². The number of likely N-dealkylation sites (tertiary alicyclic amines) is 1. The van der Waals surface area contributed by atoms with Crippen molar-refractivity contribution in [3.05, 3.63) is 0 Å². The van der Waals surface area contributed by atoms with Crippen LogP contribution in [0.15, 0.2) is 0 Å². The third-order valence-electron chi connectivity index (χ3n) is 3.87. The highest BCUT2D eigenvalue weighted by molar-refractivity contribution is 5.00. The van der Waals surface area contributed by atoms with E-state index >= 15 is 0 Å². The van der Waals surface area contributed by atoms with Gasteiger partial charge in [0, 0.05) is 18.1 Å². The average molecular weight is 196 g/mol. The number of hydrogen-bond donors (Lipinski definition) is 1. The predicted molar refractivity (Wildman–Crippen MR) is 60.2 cm³/mol. The number of rotatable bonds is 3. The fraction of sp³-hybridized carbons (Fsp3) is 1.00. The van der Waals surface area contributed by atoms with Crippen molar-refractivity contribution < 1.29 is 0 Å². The molecular weight excluding hydrogens is 172 g/mol. The summed E-state index contributed by atoms with van der Waals surface area (Å²) in [5.41, 5.74) is 6.44. The van der Waals surface area contributed by atoms with Gasteiger partial charge in [-0.05, 0) is 58.4 Å². The Bertz CT molecular complexity index is 196. The molecule has 0 amide bonds. The van der Waals surface area contributed by atoms with E-state index in [1.165, 1.54) is 45.2 Å². The lowest BCUT2D eigenvalue weighted by Gasteiger charge is -2.36. The summed E-state index contributed by atoms with van der Waals surface area (Å²) in [5.74, 6) is 0.874. The molecule has 2 N–H and O–H groups in total. The van der Waals surface area contributed by atoms with Crippen LogP contribution in [0.25, 0.3) is 0 Å². The van der Waals surface area contributed by atoms with Crippen molar-refractivity contribution in [1.82, 2.24) is 4.90 Å². The first kappa shape index (κ1) is 10.4. The van der Waals surface area contributed by atoms with Gasteiger partial charge in [0.15, 0.2) is 0 Å². The van der Waals surface area contributed by atoms with Gasteiger partial charge in [-0.2, -0.15) is 0 Å². The second-order valence-corrected chi connectivity index (χ2v) is 5.66. The molecular formula is C12H24N2. The second-order valence-electron chi connectivity index (χ2n) is 5.66. The summed E-state index contributed by atoms with van der Waals surface area (Å²) in [6.45, 7) is 7.19. The molecule has 0 aromatic carbocycles. The molecule has 14 heavy (non-hydrogen) atoms. The normalized spacial score (nSPS) is 32.1. The van der Waals surface area contributed by atoms with E-state index in [4.69, 9.17) is 5.73 Å². The minimum absolute atomic E-state index is 0.255. The molecule has 1 aliphatic carbocycles. The molecule has 0 aromatic heterocycles. The summed E-state index contributed by atoms with van der Waals surface area (Å²) >= 11 is 0. The van der Waals surface area contributed by atoms with E-state index in [1.807, 2.05) is 0 Å². The third-order valence-corrected chi connectivity index (χ3v) is 3.87. The van der Waals surface area contributed by atoms with Crippen molar-refractivity contribution in [1.29, 1.82) is 0 Å². The number of piperidine rings is 1. The second kappa shape index (κ2) is 3.82. The van der Waals surface area contributed by atoms with Crippen LogP contribution in [0.2, 0.25) is 0 Å². The zero-order valence-corrected chi connectivity index (χ0v) is 9.63. The molecule has 0 aromatic rings. The van der Waals surface area contributed by atoms with Gasteiger partial charge in [0.1, 0.15) is 0 Å². The van der Waals surface area contributed by atoms with Gasteiger partial charge in [0.2, 0.25) is 0 Å². The summed E-state index contributed by atoms with van der Waals surface area (Å²) in [5, 5.41) is 0. The Kier molecular flexibility index (Phi) is 2.85.